The third kappa shape index (κ3) is 5.62. The standard InChI is InChI=1S/C23H31N5O4S/c1-15-20(16(2)28(26-15)18-10-11-33(31,32)14-18)12-27(3)13-22(29)25-21-7-5-4-6-19(21)23(30)24-17-8-9-17/h4-7,17-18H,8-14H2,1-3H3,(H,24,30)(H,25,29)/t18-/m0/s1. The van der Waals surface area contributed by atoms with Crippen molar-refractivity contribution in [1.29, 1.82) is 0 Å². The number of aromatic nitrogens is 2. The Hall–Kier alpha value is -2.72. The van der Waals surface area contributed by atoms with Gasteiger partial charge in [0.25, 0.3) is 5.91 Å². The van der Waals surface area contributed by atoms with Gasteiger partial charge in [-0.3, -0.25) is 19.2 Å². The minimum Gasteiger partial charge on any atom is -0.349 e. The lowest BCUT2D eigenvalue weighted by Crippen LogP contribution is -2.31. The van der Waals surface area contributed by atoms with Gasteiger partial charge in [0.05, 0.1) is 41.0 Å². The monoisotopic (exact) mass is 473 g/mol. The Balaban J connectivity index is 1.38. The van der Waals surface area contributed by atoms with Gasteiger partial charge in [-0.2, -0.15) is 5.10 Å². The molecule has 2 heterocycles. The molecule has 0 bridgehead atoms. The molecule has 2 aromatic rings. The molecule has 1 aliphatic heterocycles. The Morgan fingerprint density at radius 3 is 2.58 bits per heavy atom. The molecular formula is C23H31N5O4S. The van der Waals surface area contributed by atoms with Gasteiger partial charge >= 0.3 is 0 Å². The molecule has 1 saturated carbocycles. The van der Waals surface area contributed by atoms with Crippen LogP contribution in [0.1, 0.15) is 52.6 Å². The van der Waals surface area contributed by atoms with Crippen molar-refractivity contribution in [2.75, 3.05) is 30.4 Å². The average molecular weight is 474 g/mol. The van der Waals surface area contributed by atoms with Crippen molar-refractivity contribution >= 4 is 27.3 Å². The second-order valence-electron chi connectivity index (χ2n) is 9.16. The van der Waals surface area contributed by atoms with Crippen LogP contribution in [0.3, 0.4) is 0 Å². The molecule has 2 fully saturated rings. The summed E-state index contributed by atoms with van der Waals surface area (Å²) in [5.74, 6) is -0.0607. The topological polar surface area (TPSA) is 113 Å². The molecule has 10 heteroatoms. The largest absolute Gasteiger partial charge is 0.349 e. The van der Waals surface area contributed by atoms with E-state index >= 15 is 0 Å². The van der Waals surface area contributed by atoms with Gasteiger partial charge in [0.2, 0.25) is 5.91 Å². The summed E-state index contributed by atoms with van der Waals surface area (Å²) >= 11 is 0. The Labute approximate surface area is 194 Å². The zero-order valence-corrected chi connectivity index (χ0v) is 20.1. The highest BCUT2D eigenvalue weighted by atomic mass is 32.2. The molecule has 1 aromatic carbocycles. The molecule has 1 atom stereocenters. The molecule has 2 aliphatic rings. The highest BCUT2D eigenvalue weighted by Gasteiger charge is 2.31. The first-order valence-electron chi connectivity index (χ1n) is 11.3. The van der Waals surface area contributed by atoms with Crippen molar-refractivity contribution in [3.63, 3.8) is 0 Å². The molecule has 1 aliphatic carbocycles. The van der Waals surface area contributed by atoms with Crippen molar-refractivity contribution in [3.05, 3.63) is 46.8 Å². The summed E-state index contributed by atoms with van der Waals surface area (Å²) in [5, 5.41) is 10.4. The van der Waals surface area contributed by atoms with Gasteiger partial charge in [-0.05, 0) is 52.3 Å². The number of aryl methyl sites for hydroxylation is 1. The van der Waals surface area contributed by atoms with Crippen LogP contribution in [0.15, 0.2) is 24.3 Å². The molecule has 2 N–H and O–H groups in total. The summed E-state index contributed by atoms with van der Waals surface area (Å²) in [7, 11) is -1.15. The summed E-state index contributed by atoms with van der Waals surface area (Å²) in [4.78, 5) is 27.1. The van der Waals surface area contributed by atoms with Crippen molar-refractivity contribution < 1.29 is 18.0 Å². The summed E-state index contributed by atoms with van der Waals surface area (Å²) in [6, 6.07) is 7.12. The number of sulfone groups is 1. The highest BCUT2D eigenvalue weighted by molar-refractivity contribution is 7.91. The SMILES string of the molecule is Cc1nn([C@H]2CCS(=O)(=O)C2)c(C)c1CN(C)CC(=O)Nc1ccccc1C(=O)NC1CC1. The number of anilines is 1. The van der Waals surface area contributed by atoms with Crippen LogP contribution in [0.5, 0.6) is 0 Å². The minimum atomic E-state index is -3.00. The van der Waals surface area contributed by atoms with Crippen LogP contribution in [-0.2, 0) is 21.2 Å². The first kappa shape index (κ1) is 23.4. The maximum Gasteiger partial charge on any atom is 0.253 e. The van der Waals surface area contributed by atoms with Gasteiger partial charge < -0.3 is 10.6 Å². The number of amides is 2. The van der Waals surface area contributed by atoms with Gasteiger partial charge in [-0.15, -0.1) is 0 Å². The van der Waals surface area contributed by atoms with Gasteiger partial charge in [-0.1, -0.05) is 12.1 Å². The summed E-state index contributed by atoms with van der Waals surface area (Å²) in [6.07, 6.45) is 2.57. The van der Waals surface area contributed by atoms with E-state index in [1.165, 1.54) is 0 Å². The zero-order valence-electron chi connectivity index (χ0n) is 19.3. The van der Waals surface area contributed by atoms with E-state index < -0.39 is 9.84 Å². The smallest absolute Gasteiger partial charge is 0.253 e. The van der Waals surface area contributed by atoms with E-state index in [-0.39, 0.29) is 41.9 Å². The van der Waals surface area contributed by atoms with E-state index in [4.69, 9.17) is 0 Å². The van der Waals surface area contributed by atoms with Crippen LogP contribution in [-0.4, -0.2) is 66.1 Å². The summed E-state index contributed by atoms with van der Waals surface area (Å²) in [5.41, 5.74) is 3.73. The number of carbonyl (C=O) groups excluding carboxylic acids is 2. The maximum absolute atomic E-state index is 12.7. The molecule has 1 aromatic heterocycles. The molecular weight excluding hydrogens is 442 g/mol. The number of hydrogen-bond acceptors (Lipinski definition) is 6. The normalized spacial score (nSPS) is 19.6. The lowest BCUT2D eigenvalue weighted by atomic mass is 10.1. The number of para-hydroxylation sites is 1. The number of hydrogen-bond donors (Lipinski definition) is 2. The van der Waals surface area contributed by atoms with Gasteiger partial charge in [0.15, 0.2) is 9.84 Å². The van der Waals surface area contributed by atoms with E-state index in [2.05, 4.69) is 15.7 Å². The third-order valence-corrected chi connectivity index (χ3v) is 7.98. The highest BCUT2D eigenvalue weighted by Crippen LogP contribution is 2.27. The fourth-order valence-electron chi connectivity index (χ4n) is 4.29. The molecule has 178 valence electrons. The molecule has 0 radical (unpaired) electrons. The van der Waals surface area contributed by atoms with Crippen LogP contribution in [0.25, 0.3) is 0 Å². The number of rotatable bonds is 8. The van der Waals surface area contributed by atoms with E-state index in [1.54, 1.807) is 24.3 Å². The molecule has 0 unspecified atom stereocenters. The number of nitrogens with zero attached hydrogens (tertiary/aromatic N) is 3. The lowest BCUT2D eigenvalue weighted by Gasteiger charge is -2.18. The fraction of sp³-hybridized carbons (Fsp3) is 0.522. The van der Waals surface area contributed by atoms with Crippen LogP contribution in [0.2, 0.25) is 0 Å². The second kappa shape index (κ2) is 9.26. The molecule has 33 heavy (non-hydrogen) atoms. The molecule has 0 spiro atoms. The Kier molecular flexibility index (Phi) is 6.58. The van der Waals surface area contributed by atoms with E-state index in [9.17, 15) is 18.0 Å². The summed E-state index contributed by atoms with van der Waals surface area (Å²) in [6.45, 7) is 4.50. The fourth-order valence-corrected chi connectivity index (χ4v) is 5.98. The van der Waals surface area contributed by atoms with Gasteiger partial charge in [-0.25, -0.2) is 8.42 Å². The van der Waals surface area contributed by atoms with Crippen molar-refractivity contribution in [3.8, 4) is 0 Å². The van der Waals surface area contributed by atoms with Crippen LogP contribution in [0.4, 0.5) is 5.69 Å². The first-order chi connectivity index (χ1) is 15.6. The Bertz CT molecular complexity index is 1170. The Morgan fingerprint density at radius 2 is 1.91 bits per heavy atom. The zero-order chi connectivity index (χ0) is 23.8. The van der Waals surface area contributed by atoms with E-state index in [0.717, 1.165) is 29.8 Å². The van der Waals surface area contributed by atoms with Crippen molar-refractivity contribution in [2.24, 2.45) is 0 Å². The lowest BCUT2D eigenvalue weighted by molar-refractivity contribution is -0.117. The van der Waals surface area contributed by atoms with Gasteiger partial charge in [0.1, 0.15) is 0 Å². The molecule has 1 saturated heterocycles. The number of nitrogens with one attached hydrogen (secondary N) is 2. The predicted molar refractivity (Wildman–Crippen MR) is 126 cm³/mol. The van der Waals surface area contributed by atoms with Crippen molar-refractivity contribution in [1.82, 2.24) is 20.0 Å². The van der Waals surface area contributed by atoms with Crippen LogP contribution < -0.4 is 10.6 Å². The number of carbonyl (C=O) groups is 2. The van der Waals surface area contributed by atoms with Crippen molar-refractivity contribution in [2.45, 2.75) is 51.7 Å². The van der Waals surface area contributed by atoms with E-state index in [1.807, 2.05) is 30.5 Å². The van der Waals surface area contributed by atoms with Crippen LogP contribution in [0, 0.1) is 13.8 Å². The molecule has 4 rings (SSSR count). The average Bonchev–Trinajstić information content (AvgIpc) is 3.43. The quantitative estimate of drug-likeness (QED) is 0.605. The second-order valence-corrected chi connectivity index (χ2v) is 11.4. The van der Waals surface area contributed by atoms with Gasteiger partial charge in [0, 0.05) is 23.8 Å². The van der Waals surface area contributed by atoms with E-state index in [0.29, 0.717) is 24.2 Å². The predicted octanol–water partition coefficient (Wildman–Crippen LogP) is 1.82. The minimum absolute atomic E-state index is 0.125. The molecule has 2 amide bonds. The maximum atomic E-state index is 12.7. The number of benzene rings is 1. The summed E-state index contributed by atoms with van der Waals surface area (Å²) < 4.78 is 25.6. The Morgan fingerprint density at radius 1 is 1.18 bits per heavy atom. The van der Waals surface area contributed by atoms with Crippen LogP contribution >= 0.6 is 0 Å². The first-order valence-corrected chi connectivity index (χ1v) is 13.1. The molecule has 9 nitrogen and oxygen atoms in total. The third-order valence-electron chi connectivity index (χ3n) is 6.23. The number of likely N-dealkylation sites (N-methyl/N-ethyl adjacent to an activating group) is 1.